The van der Waals surface area contributed by atoms with Crippen molar-refractivity contribution in [3.63, 3.8) is 0 Å². The molecule has 1 aromatic carbocycles. The molecule has 0 bridgehead atoms. The Balaban J connectivity index is 1.83. The maximum atomic E-state index is 11.9. The molecule has 22 heavy (non-hydrogen) atoms. The summed E-state index contributed by atoms with van der Waals surface area (Å²) in [6.07, 6.45) is 1.51. The minimum absolute atomic E-state index is 0.134. The molecular formula is C15H15NO5S. The first-order valence-electron chi connectivity index (χ1n) is 6.51. The van der Waals surface area contributed by atoms with Crippen molar-refractivity contribution in [2.45, 2.75) is 12.3 Å². The van der Waals surface area contributed by atoms with Gasteiger partial charge in [0.1, 0.15) is 11.5 Å². The van der Waals surface area contributed by atoms with Crippen LogP contribution < -0.4 is 5.32 Å². The zero-order valence-corrected chi connectivity index (χ0v) is 12.5. The maximum Gasteiger partial charge on any atom is 0.335 e. The van der Waals surface area contributed by atoms with E-state index in [0.717, 1.165) is 0 Å². The Hall–Kier alpha value is -2.41. The lowest BCUT2D eigenvalue weighted by molar-refractivity contribution is -0.118. The molecule has 0 spiro atoms. The predicted molar refractivity (Wildman–Crippen MR) is 80.7 cm³/mol. The van der Waals surface area contributed by atoms with Gasteiger partial charge in [-0.1, -0.05) is 12.1 Å². The fourth-order valence-electron chi connectivity index (χ4n) is 1.83. The van der Waals surface area contributed by atoms with E-state index in [0.29, 0.717) is 11.3 Å². The number of aromatic carboxylic acids is 1. The van der Waals surface area contributed by atoms with E-state index >= 15 is 0 Å². The monoisotopic (exact) mass is 321 g/mol. The van der Waals surface area contributed by atoms with E-state index in [9.17, 15) is 13.8 Å². The maximum absolute atomic E-state index is 11.9. The van der Waals surface area contributed by atoms with Crippen LogP contribution in [0, 0.1) is 0 Å². The molecule has 1 amide bonds. The van der Waals surface area contributed by atoms with Gasteiger partial charge >= 0.3 is 5.97 Å². The van der Waals surface area contributed by atoms with Crippen LogP contribution >= 0.6 is 0 Å². The average molecular weight is 321 g/mol. The number of carbonyl (C=O) groups is 2. The van der Waals surface area contributed by atoms with Crippen molar-refractivity contribution in [1.82, 2.24) is 5.32 Å². The lowest BCUT2D eigenvalue weighted by Crippen LogP contribution is -2.28. The molecule has 0 aliphatic carbocycles. The molecule has 0 aliphatic heterocycles. The van der Waals surface area contributed by atoms with E-state index in [1.165, 1.54) is 18.4 Å². The molecule has 0 fully saturated rings. The quantitative estimate of drug-likeness (QED) is 0.806. The summed E-state index contributed by atoms with van der Waals surface area (Å²) in [5, 5.41) is 11.5. The van der Waals surface area contributed by atoms with Gasteiger partial charge in [0, 0.05) is 16.6 Å². The Bertz CT molecular complexity index is 681. The van der Waals surface area contributed by atoms with E-state index in [4.69, 9.17) is 9.52 Å². The number of nitrogens with one attached hydrogen (secondary N) is 1. The molecule has 0 saturated carbocycles. The van der Waals surface area contributed by atoms with Gasteiger partial charge < -0.3 is 14.8 Å². The predicted octanol–water partition coefficient (Wildman–Crippen LogP) is 1.54. The van der Waals surface area contributed by atoms with E-state index < -0.39 is 16.8 Å². The molecule has 2 rings (SSSR count). The van der Waals surface area contributed by atoms with E-state index in [2.05, 4.69) is 5.32 Å². The topological polar surface area (TPSA) is 96.6 Å². The minimum atomic E-state index is -1.41. The summed E-state index contributed by atoms with van der Waals surface area (Å²) in [4.78, 5) is 22.5. The van der Waals surface area contributed by atoms with Crippen LogP contribution in [0.1, 0.15) is 21.7 Å². The van der Waals surface area contributed by atoms with Gasteiger partial charge in [-0.15, -0.1) is 0 Å². The Morgan fingerprint density at radius 1 is 1.23 bits per heavy atom. The van der Waals surface area contributed by atoms with Gasteiger partial charge in [-0.2, -0.15) is 0 Å². The number of furan rings is 1. The van der Waals surface area contributed by atoms with Crippen molar-refractivity contribution in [2.24, 2.45) is 0 Å². The fraction of sp³-hybridized carbons (Fsp3) is 0.200. The molecule has 1 heterocycles. The fourth-order valence-corrected chi connectivity index (χ4v) is 2.88. The van der Waals surface area contributed by atoms with Crippen LogP contribution in [0.4, 0.5) is 0 Å². The third kappa shape index (κ3) is 4.85. The molecule has 2 aromatic rings. The summed E-state index contributed by atoms with van der Waals surface area (Å²) in [6.45, 7) is 0.248. The van der Waals surface area contributed by atoms with Gasteiger partial charge in [-0.3, -0.25) is 9.00 Å². The lowest BCUT2D eigenvalue weighted by Gasteiger charge is -2.05. The number of rotatable bonds is 7. The number of hydrogen-bond donors (Lipinski definition) is 2. The summed E-state index contributed by atoms with van der Waals surface area (Å²) < 4.78 is 17.0. The Kier molecular flexibility index (Phi) is 5.48. The highest BCUT2D eigenvalue weighted by atomic mass is 32.2. The molecule has 1 aromatic heterocycles. The molecule has 0 saturated heterocycles. The van der Waals surface area contributed by atoms with Gasteiger partial charge in [-0.05, 0) is 29.8 Å². The van der Waals surface area contributed by atoms with Crippen LogP contribution in [0.3, 0.4) is 0 Å². The van der Waals surface area contributed by atoms with E-state index in [1.54, 1.807) is 24.3 Å². The van der Waals surface area contributed by atoms with Crippen molar-refractivity contribution in [3.05, 3.63) is 59.5 Å². The summed E-state index contributed by atoms with van der Waals surface area (Å²) in [6, 6.07) is 9.65. The van der Waals surface area contributed by atoms with Crippen molar-refractivity contribution >= 4 is 22.7 Å². The van der Waals surface area contributed by atoms with E-state index in [-0.39, 0.29) is 29.5 Å². The molecule has 6 nitrogen and oxygen atoms in total. The van der Waals surface area contributed by atoms with Crippen LogP contribution in [0.25, 0.3) is 0 Å². The number of carbonyl (C=O) groups excluding carboxylic acids is 1. The molecule has 1 unspecified atom stereocenters. The average Bonchev–Trinajstić information content (AvgIpc) is 2.98. The zero-order valence-electron chi connectivity index (χ0n) is 11.7. The molecule has 116 valence electrons. The third-order valence-corrected chi connectivity index (χ3v) is 4.07. The summed E-state index contributed by atoms with van der Waals surface area (Å²) in [7, 11) is -1.41. The molecule has 0 aliphatic rings. The highest BCUT2D eigenvalue weighted by Crippen LogP contribution is 2.08. The largest absolute Gasteiger partial charge is 0.478 e. The molecule has 1 atom stereocenters. The Labute approximate surface area is 129 Å². The Morgan fingerprint density at radius 3 is 2.73 bits per heavy atom. The van der Waals surface area contributed by atoms with Gasteiger partial charge in [0.15, 0.2) is 0 Å². The lowest BCUT2D eigenvalue weighted by atomic mass is 10.1. The van der Waals surface area contributed by atoms with Crippen LogP contribution in [0.2, 0.25) is 0 Å². The van der Waals surface area contributed by atoms with Crippen molar-refractivity contribution < 1.29 is 23.3 Å². The SMILES string of the molecule is O=C(CS(=O)Cc1cccc(C(=O)O)c1)NCc1ccco1. The second-order valence-corrected chi connectivity index (χ2v) is 6.05. The van der Waals surface area contributed by atoms with Crippen molar-refractivity contribution in [2.75, 3.05) is 5.75 Å². The molecule has 7 heteroatoms. The van der Waals surface area contributed by atoms with Crippen LogP contribution in [-0.4, -0.2) is 26.9 Å². The third-order valence-electron chi connectivity index (χ3n) is 2.83. The highest BCUT2D eigenvalue weighted by molar-refractivity contribution is 7.84. The van der Waals surface area contributed by atoms with E-state index in [1.807, 2.05) is 0 Å². The van der Waals surface area contributed by atoms with Gasteiger partial charge in [0.25, 0.3) is 0 Å². The first-order chi connectivity index (χ1) is 10.5. The van der Waals surface area contributed by atoms with Gasteiger partial charge in [0.05, 0.1) is 18.4 Å². The van der Waals surface area contributed by atoms with Gasteiger partial charge in [-0.25, -0.2) is 4.79 Å². The highest BCUT2D eigenvalue weighted by Gasteiger charge is 2.10. The summed E-state index contributed by atoms with van der Waals surface area (Å²) in [5.41, 5.74) is 0.758. The minimum Gasteiger partial charge on any atom is -0.478 e. The normalized spacial score (nSPS) is 11.8. The second-order valence-electron chi connectivity index (χ2n) is 4.59. The number of carboxylic acid groups (broad SMARTS) is 1. The summed E-state index contributed by atoms with van der Waals surface area (Å²) >= 11 is 0. The zero-order chi connectivity index (χ0) is 15.9. The van der Waals surface area contributed by atoms with Gasteiger partial charge in [0.2, 0.25) is 5.91 Å². The second kappa shape index (κ2) is 7.56. The first kappa shape index (κ1) is 16.0. The number of benzene rings is 1. The smallest absolute Gasteiger partial charge is 0.335 e. The van der Waals surface area contributed by atoms with Crippen molar-refractivity contribution in [3.8, 4) is 0 Å². The molecule has 0 radical (unpaired) electrons. The molecular weight excluding hydrogens is 306 g/mol. The van der Waals surface area contributed by atoms with Crippen LogP contribution in [0.5, 0.6) is 0 Å². The number of amides is 1. The van der Waals surface area contributed by atoms with Crippen LogP contribution in [-0.2, 0) is 27.9 Å². The first-order valence-corrected chi connectivity index (χ1v) is 7.99. The Morgan fingerprint density at radius 2 is 2.05 bits per heavy atom. The number of hydrogen-bond acceptors (Lipinski definition) is 4. The van der Waals surface area contributed by atoms with Crippen molar-refractivity contribution in [1.29, 1.82) is 0 Å². The molecule has 2 N–H and O–H groups in total. The standard InChI is InChI=1S/C15H15NO5S/c17-14(16-8-13-5-2-6-21-13)10-22(20)9-11-3-1-4-12(7-11)15(18)19/h1-7H,8-10H2,(H,16,17)(H,18,19). The number of carboxylic acids is 1. The summed E-state index contributed by atoms with van der Waals surface area (Å²) in [5.74, 6) is -0.769. The van der Waals surface area contributed by atoms with Crippen LogP contribution in [0.15, 0.2) is 47.1 Å².